The Labute approximate surface area is 158 Å². The van der Waals surface area contributed by atoms with E-state index in [-0.39, 0.29) is 12.5 Å². The fourth-order valence-electron chi connectivity index (χ4n) is 3.29. The second-order valence-electron chi connectivity index (χ2n) is 6.92. The summed E-state index contributed by atoms with van der Waals surface area (Å²) < 4.78 is 10.1. The van der Waals surface area contributed by atoms with Crippen molar-refractivity contribution in [3.63, 3.8) is 0 Å². The van der Waals surface area contributed by atoms with Gasteiger partial charge in [0.25, 0.3) is 5.91 Å². The van der Waals surface area contributed by atoms with Crippen molar-refractivity contribution in [3.05, 3.63) is 52.4 Å². The van der Waals surface area contributed by atoms with Crippen LogP contribution in [0.25, 0.3) is 0 Å². The number of carbonyl (C=O) groups is 2. The summed E-state index contributed by atoms with van der Waals surface area (Å²) in [5.74, 6) is -0.349. The van der Waals surface area contributed by atoms with Gasteiger partial charge in [-0.15, -0.1) is 0 Å². The molecule has 0 spiro atoms. The molecule has 1 amide bonds. The fraction of sp³-hybridized carbons (Fsp3) is 0.450. The Hall–Kier alpha value is -2.67. The van der Waals surface area contributed by atoms with Gasteiger partial charge >= 0.3 is 5.97 Å². The number of aromatic nitrogens is 1. The van der Waals surface area contributed by atoms with Crippen LogP contribution in [0.4, 0.5) is 0 Å². The third-order valence-corrected chi connectivity index (χ3v) is 4.78. The molecular weight excluding hydrogens is 346 g/mol. The van der Waals surface area contributed by atoms with Gasteiger partial charge < -0.3 is 14.2 Å². The third-order valence-electron chi connectivity index (χ3n) is 4.78. The first-order valence-corrected chi connectivity index (χ1v) is 9.09. The van der Waals surface area contributed by atoms with Gasteiger partial charge in [-0.1, -0.05) is 35.0 Å². The summed E-state index contributed by atoms with van der Waals surface area (Å²) in [6.07, 6.45) is 0. The van der Waals surface area contributed by atoms with E-state index in [4.69, 9.17) is 9.26 Å². The van der Waals surface area contributed by atoms with E-state index in [1.165, 1.54) is 11.1 Å². The van der Waals surface area contributed by atoms with E-state index in [2.05, 4.69) is 41.2 Å². The SMILES string of the molecule is Cc1cccc(CN2CCN(C(=O)COC(=O)c3c(C)noc3C)CC2)c1. The van der Waals surface area contributed by atoms with Crippen molar-refractivity contribution < 1.29 is 18.8 Å². The number of piperazine rings is 1. The molecule has 7 nitrogen and oxygen atoms in total. The van der Waals surface area contributed by atoms with Gasteiger partial charge in [-0.2, -0.15) is 0 Å². The lowest BCUT2D eigenvalue weighted by molar-refractivity contribution is -0.136. The summed E-state index contributed by atoms with van der Waals surface area (Å²) in [7, 11) is 0. The van der Waals surface area contributed by atoms with Crippen LogP contribution >= 0.6 is 0 Å². The van der Waals surface area contributed by atoms with Crippen molar-refractivity contribution in [2.24, 2.45) is 0 Å². The minimum atomic E-state index is -0.572. The molecule has 0 N–H and O–H groups in total. The summed E-state index contributed by atoms with van der Waals surface area (Å²) >= 11 is 0. The maximum Gasteiger partial charge on any atom is 0.344 e. The van der Waals surface area contributed by atoms with Crippen LogP contribution in [-0.2, 0) is 16.1 Å². The number of aryl methyl sites for hydroxylation is 3. The molecule has 1 saturated heterocycles. The molecule has 0 atom stereocenters. The smallest absolute Gasteiger partial charge is 0.344 e. The molecule has 1 fully saturated rings. The summed E-state index contributed by atoms with van der Waals surface area (Å²) in [5, 5.41) is 3.73. The van der Waals surface area contributed by atoms with Gasteiger partial charge in [0, 0.05) is 32.7 Å². The monoisotopic (exact) mass is 371 g/mol. The number of esters is 1. The van der Waals surface area contributed by atoms with E-state index in [0.29, 0.717) is 30.1 Å². The topological polar surface area (TPSA) is 75.9 Å². The maximum atomic E-state index is 12.3. The number of hydrogen-bond acceptors (Lipinski definition) is 6. The molecule has 1 aliphatic heterocycles. The lowest BCUT2D eigenvalue weighted by Crippen LogP contribution is -2.49. The molecule has 2 heterocycles. The first-order valence-electron chi connectivity index (χ1n) is 9.09. The van der Waals surface area contributed by atoms with Gasteiger partial charge in [-0.05, 0) is 26.3 Å². The first-order chi connectivity index (χ1) is 12.9. The summed E-state index contributed by atoms with van der Waals surface area (Å²) in [4.78, 5) is 28.5. The first kappa shape index (κ1) is 19.1. The molecule has 2 aromatic rings. The number of benzene rings is 1. The Morgan fingerprint density at radius 1 is 1.15 bits per heavy atom. The maximum absolute atomic E-state index is 12.3. The second kappa shape index (κ2) is 8.35. The summed E-state index contributed by atoms with van der Waals surface area (Å²) in [6, 6.07) is 8.46. The number of hydrogen-bond donors (Lipinski definition) is 0. The zero-order valence-electron chi connectivity index (χ0n) is 16.0. The van der Waals surface area contributed by atoms with E-state index < -0.39 is 5.97 Å². The van der Waals surface area contributed by atoms with Crippen molar-refractivity contribution >= 4 is 11.9 Å². The number of rotatable bonds is 5. The van der Waals surface area contributed by atoms with E-state index in [1.807, 2.05) is 0 Å². The van der Waals surface area contributed by atoms with E-state index in [0.717, 1.165) is 19.6 Å². The van der Waals surface area contributed by atoms with Gasteiger partial charge in [-0.25, -0.2) is 4.79 Å². The minimum Gasteiger partial charge on any atom is -0.452 e. The average Bonchev–Trinajstić information content (AvgIpc) is 2.98. The minimum absolute atomic E-state index is 0.176. The van der Waals surface area contributed by atoms with Crippen LogP contribution in [0.5, 0.6) is 0 Å². The van der Waals surface area contributed by atoms with Crippen LogP contribution in [-0.4, -0.2) is 59.6 Å². The molecular formula is C20H25N3O4. The van der Waals surface area contributed by atoms with E-state index in [9.17, 15) is 9.59 Å². The van der Waals surface area contributed by atoms with E-state index >= 15 is 0 Å². The highest BCUT2D eigenvalue weighted by atomic mass is 16.5. The molecule has 0 unspecified atom stereocenters. The molecule has 0 saturated carbocycles. The van der Waals surface area contributed by atoms with Gasteiger partial charge in [0.15, 0.2) is 6.61 Å². The Kier molecular flexibility index (Phi) is 5.91. The standard InChI is InChI=1S/C20H25N3O4/c1-14-5-4-6-17(11-14)12-22-7-9-23(10-8-22)18(24)13-26-20(25)19-15(2)21-27-16(19)3/h4-6,11H,7-10,12-13H2,1-3H3. The van der Waals surface area contributed by atoms with Gasteiger partial charge in [0.1, 0.15) is 11.3 Å². The lowest BCUT2D eigenvalue weighted by Gasteiger charge is -2.34. The molecule has 3 rings (SSSR count). The third kappa shape index (κ3) is 4.74. The zero-order valence-corrected chi connectivity index (χ0v) is 16.0. The number of carbonyl (C=O) groups excluding carboxylic acids is 2. The fourth-order valence-corrected chi connectivity index (χ4v) is 3.29. The molecule has 27 heavy (non-hydrogen) atoms. The van der Waals surface area contributed by atoms with Gasteiger partial charge in [0.05, 0.1) is 5.69 Å². The Morgan fingerprint density at radius 3 is 2.52 bits per heavy atom. The van der Waals surface area contributed by atoms with Gasteiger partial charge in [-0.3, -0.25) is 9.69 Å². The van der Waals surface area contributed by atoms with Crippen LogP contribution in [0.15, 0.2) is 28.8 Å². The molecule has 0 aliphatic carbocycles. The Balaban J connectivity index is 1.45. The van der Waals surface area contributed by atoms with Crippen LogP contribution < -0.4 is 0 Å². The van der Waals surface area contributed by atoms with Crippen LogP contribution in [0.1, 0.15) is 32.9 Å². The molecule has 0 bridgehead atoms. The van der Waals surface area contributed by atoms with E-state index in [1.54, 1.807) is 18.7 Å². The Morgan fingerprint density at radius 2 is 1.89 bits per heavy atom. The Bertz CT molecular complexity index is 803. The van der Waals surface area contributed by atoms with Crippen molar-refractivity contribution in [2.45, 2.75) is 27.3 Å². The average molecular weight is 371 g/mol. The summed E-state index contributed by atoms with van der Waals surface area (Å²) in [5.41, 5.74) is 3.30. The molecule has 7 heteroatoms. The molecule has 1 aromatic carbocycles. The van der Waals surface area contributed by atoms with Crippen molar-refractivity contribution in [1.29, 1.82) is 0 Å². The lowest BCUT2D eigenvalue weighted by atomic mass is 10.1. The highest BCUT2D eigenvalue weighted by molar-refractivity contribution is 5.93. The van der Waals surface area contributed by atoms with Crippen LogP contribution in [0.2, 0.25) is 0 Å². The normalized spacial score (nSPS) is 15.0. The molecule has 0 radical (unpaired) electrons. The van der Waals surface area contributed by atoms with Gasteiger partial charge in [0.2, 0.25) is 0 Å². The number of amides is 1. The van der Waals surface area contributed by atoms with Crippen LogP contribution in [0.3, 0.4) is 0 Å². The van der Waals surface area contributed by atoms with Crippen molar-refractivity contribution in [1.82, 2.24) is 15.0 Å². The summed E-state index contributed by atoms with van der Waals surface area (Å²) in [6.45, 7) is 8.89. The predicted molar refractivity (Wildman–Crippen MR) is 99.3 cm³/mol. The molecule has 144 valence electrons. The number of ether oxygens (including phenoxy) is 1. The second-order valence-corrected chi connectivity index (χ2v) is 6.92. The highest BCUT2D eigenvalue weighted by Crippen LogP contribution is 2.14. The zero-order chi connectivity index (χ0) is 19.4. The molecule has 1 aliphatic rings. The quantitative estimate of drug-likeness (QED) is 0.749. The van der Waals surface area contributed by atoms with Crippen molar-refractivity contribution in [2.75, 3.05) is 32.8 Å². The number of nitrogens with zero attached hydrogens (tertiary/aromatic N) is 3. The van der Waals surface area contributed by atoms with Crippen molar-refractivity contribution in [3.8, 4) is 0 Å². The predicted octanol–water partition coefficient (Wildman–Crippen LogP) is 2.10. The molecule has 1 aromatic heterocycles. The largest absolute Gasteiger partial charge is 0.452 e. The van der Waals surface area contributed by atoms with Crippen LogP contribution in [0, 0.1) is 20.8 Å². The highest BCUT2D eigenvalue weighted by Gasteiger charge is 2.24.